The van der Waals surface area contributed by atoms with E-state index in [9.17, 15) is 4.79 Å². The maximum atomic E-state index is 13.1. The number of nitrogens with zero attached hydrogens (tertiary/aromatic N) is 3. The van der Waals surface area contributed by atoms with Crippen molar-refractivity contribution in [3.8, 4) is 11.8 Å². The summed E-state index contributed by atoms with van der Waals surface area (Å²) in [6.07, 6.45) is 4.75. The maximum absolute atomic E-state index is 13.1. The second-order valence-electron chi connectivity index (χ2n) is 5.68. The summed E-state index contributed by atoms with van der Waals surface area (Å²) in [5.41, 5.74) is 1.37. The molecule has 0 aliphatic carbocycles. The molecule has 1 fully saturated rings. The summed E-state index contributed by atoms with van der Waals surface area (Å²) in [7, 11) is 3.04. The maximum Gasteiger partial charge on any atom is 0.259 e. The quantitative estimate of drug-likeness (QED) is 0.864. The van der Waals surface area contributed by atoms with Gasteiger partial charge in [-0.1, -0.05) is 6.07 Å². The van der Waals surface area contributed by atoms with Gasteiger partial charge >= 0.3 is 0 Å². The van der Waals surface area contributed by atoms with Gasteiger partial charge in [0.25, 0.3) is 5.91 Å². The minimum absolute atomic E-state index is 0.0146. The highest BCUT2D eigenvalue weighted by Gasteiger charge is 2.31. The number of carbonyl (C=O) groups excluding carboxylic acids is 1. The van der Waals surface area contributed by atoms with Crippen LogP contribution in [0.5, 0.6) is 11.8 Å². The van der Waals surface area contributed by atoms with Crippen molar-refractivity contribution in [3.63, 3.8) is 0 Å². The fraction of sp³-hybridized carbons (Fsp3) is 0.389. The summed E-state index contributed by atoms with van der Waals surface area (Å²) in [5, 5.41) is 0. The number of hydrogen-bond donors (Lipinski definition) is 0. The smallest absolute Gasteiger partial charge is 0.259 e. The molecular weight excluding hydrogens is 306 g/mol. The SMILES string of the molecule is COc1ccc(C(=O)N2CCCC[C@H]2c2ccccn2)c(OC)n1. The van der Waals surface area contributed by atoms with Crippen LogP contribution in [-0.2, 0) is 0 Å². The monoisotopic (exact) mass is 327 g/mol. The zero-order chi connectivity index (χ0) is 16.9. The molecular formula is C18H21N3O3. The zero-order valence-electron chi connectivity index (χ0n) is 13.9. The minimum atomic E-state index is -0.0858. The largest absolute Gasteiger partial charge is 0.481 e. The lowest BCUT2D eigenvalue weighted by atomic mass is 9.98. The standard InChI is InChI=1S/C18H21N3O3/c1-23-16-10-9-13(17(20-16)24-2)18(22)21-12-6-4-8-15(21)14-7-3-5-11-19-14/h3,5,7,9-11,15H,4,6,8,12H2,1-2H3/t15-/m0/s1. The Morgan fingerprint density at radius 2 is 2.04 bits per heavy atom. The van der Waals surface area contributed by atoms with Gasteiger partial charge in [-0.2, -0.15) is 4.98 Å². The van der Waals surface area contributed by atoms with Gasteiger partial charge in [0, 0.05) is 18.8 Å². The van der Waals surface area contributed by atoms with Crippen molar-refractivity contribution in [2.24, 2.45) is 0 Å². The second kappa shape index (κ2) is 7.29. The summed E-state index contributed by atoms with van der Waals surface area (Å²) in [4.78, 5) is 23.6. The average molecular weight is 327 g/mol. The number of hydrogen-bond acceptors (Lipinski definition) is 5. The van der Waals surface area contributed by atoms with Crippen molar-refractivity contribution >= 4 is 5.91 Å². The molecule has 6 heteroatoms. The Morgan fingerprint density at radius 1 is 1.17 bits per heavy atom. The number of carbonyl (C=O) groups is 1. The molecule has 2 aromatic rings. The van der Waals surface area contributed by atoms with Gasteiger partial charge in [-0.15, -0.1) is 0 Å². The van der Waals surface area contributed by atoms with E-state index in [-0.39, 0.29) is 17.8 Å². The third kappa shape index (κ3) is 3.18. The third-order valence-electron chi connectivity index (χ3n) is 4.26. The highest BCUT2D eigenvalue weighted by atomic mass is 16.5. The van der Waals surface area contributed by atoms with E-state index in [0.717, 1.165) is 25.0 Å². The lowest BCUT2D eigenvalue weighted by Crippen LogP contribution is -2.39. The van der Waals surface area contributed by atoms with Gasteiger partial charge in [0.1, 0.15) is 5.56 Å². The number of amides is 1. The summed E-state index contributed by atoms with van der Waals surface area (Å²) in [6, 6.07) is 9.18. The minimum Gasteiger partial charge on any atom is -0.481 e. The molecule has 0 unspecified atom stereocenters. The number of aromatic nitrogens is 2. The molecule has 0 radical (unpaired) electrons. The van der Waals surface area contributed by atoms with Gasteiger partial charge in [0.15, 0.2) is 0 Å². The molecule has 24 heavy (non-hydrogen) atoms. The molecule has 2 aromatic heterocycles. The summed E-state index contributed by atoms with van der Waals surface area (Å²) in [6.45, 7) is 0.704. The molecule has 6 nitrogen and oxygen atoms in total. The zero-order valence-corrected chi connectivity index (χ0v) is 13.9. The lowest BCUT2D eigenvalue weighted by Gasteiger charge is -2.35. The molecule has 0 spiro atoms. The molecule has 126 valence electrons. The number of methoxy groups -OCH3 is 2. The van der Waals surface area contributed by atoms with E-state index in [0.29, 0.717) is 18.0 Å². The second-order valence-corrected chi connectivity index (χ2v) is 5.68. The van der Waals surface area contributed by atoms with Gasteiger partial charge in [-0.05, 0) is 37.5 Å². The highest BCUT2D eigenvalue weighted by molar-refractivity contribution is 5.96. The van der Waals surface area contributed by atoms with Crippen LogP contribution in [0.15, 0.2) is 36.5 Å². The van der Waals surface area contributed by atoms with Gasteiger partial charge in [-0.25, -0.2) is 0 Å². The first kappa shape index (κ1) is 16.2. The van der Waals surface area contributed by atoms with E-state index in [1.54, 1.807) is 18.3 Å². The van der Waals surface area contributed by atoms with Crippen LogP contribution in [0.1, 0.15) is 41.4 Å². The molecule has 1 amide bonds. The van der Waals surface area contributed by atoms with Crippen molar-refractivity contribution in [1.82, 2.24) is 14.9 Å². The van der Waals surface area contributed by atoms with Crippen molar-refractivity contribution in [3.05, 3.63) is 47.8 Å². The van der Waals surface area contributed by atoms with Crippen molar-refractivity contribution in [2.45, 2.75) is 25.3 Å². The van der Waals surface area contributed by atoms with Gasteiger partial charge in [-0.3, -0.25) is 9.78 Å². The fourth-order valence-corrected chi connectivity index (χ4v) is 3.07. The van der Waals surface area contributed by atoms with Gasteiger partial charge in [0.05, 0.1) is 26.0 Å². The van der Waals surface area contributed by atoms with Crippen LogP contribution < -0.4 is 9.47 Å². The van der Waals surface area contributed by atoms with Crippen LogP contribution in [0.25, 0.3) is 0 Å². The molecule has 0 aromatic carbocycles. The molecule has 1 atom stereocenters. The first-order chi connectivity index (χ1) is 11.7. The number of likely N-dealkylation sites (tertiary alicyclic amines) is 1. The predicted molar refractivity (Wildman–Crippen MR) is 89.2 cm³/mol. The number of piperidine rings is 1. The van der Waals surface area contributed by atoms with Crippen LogP contribution in [0, 0.1) is 0 Å². The first-order valence-electron chi connectivity index (χ1n) is 8.05. The third-order valence-corrected chi connectivity index (χ3v) is 4.26. The Bertz CT molecular complexity index is 706. The van der Waals surface area contributed by atoms with Crippen LogP contribution in [-0.4, -0.2) is 41.5 Å². The topological polar surface area (TPSA) is 64.5 Å². The van der Waals surface area contributed by atoms with E-state index in [1.807, 2.05) is 23.1 Å². The van der Waals surface area contributed by atoms with Gasteiger partial charge < -0.3 is 14.4 Å². The normalized spacial score (nSPS) is 17.4. The van der Waals surface area contributed by atoms with E-state index in [2.05, 4.69) is 9.97 Å². The van der Waals surface area contributed by atoms with E-state index in [4.69, 9.17) is 9.47 Å². The Balaban J connectivity index is 1.92. The molecule has 0 bridgehead atoms. The number of ether oxygens (including phenoxy) is 2. The number of pyridine rings is 2. The molecule has 0 N–H and O–H groups in total. The Morgan fingerprint density at radius 3 is 2.75 bits per heavy atom. The van der Waals surface area contributed by atoms with E-state index < -0.39 is 0 Å². The molecule has 3 heterocycles. The van der Waals surface area contributed by atoms with Crippen LogP contribution in [0.3, 0.4) is 0 Å². The predicted octanol–water partition coefficient (Wildman–Crippen LogP) is 2.86. The Hall–Kier alpha value is -2.63. The van der Waals surface area contributed by atoms with Gasteiger partial charge in [0.2, 0.25) is 11.8 Å². The first-order valence-corrected chi connectivity index (χ1v) is 8.05. The molecule has 1 saturated heterocycles. The molecule has 3 rings (SSSR count). The Kier molecular flexibility index (Phi) is 4.93. The molecule has 0 saturated carbocycles. The summed E-state index contributed by atoms with van der Waals surface area (Å²) >= 11 is 0. The van der Waals surface area contributed by atoms with Crippen LogP contribution in [0.2, 0.25) is 0 Å². The summed E-state index contributed by atoms with van der Waals surface area (Å²) < 4.78 is 10.4. The summed E-state index contributed by atoms with van der Waals surface area (Å²) in [5.74, 6) is 0.616. The lowest BCUT2D eigenvalue weighted by molar-refractivity contribution is 0.0601. The van der Waals surface area contributed by atoms with Crippen molar-refractivity contribution in [1.29, 1.82) is 0 Å². The van der Waals surface area contributed by atoms with Crippen molar-refractivity contribution in [2.75, 3.05) is 20.8 Å². The van der Waals surface area contributed by atoms with Crippen LogP contribution in [0.4, 0.5) is 0 Å². The highest BCUT2D eigenvalue weighted by Crippen LogP contribution is 2.32. The van der Waals surface area contributed by atoms with E-state index in [1.165, 1.54) is 14.2 Å². The molecule has 1 aliphatic rings. The Labute approximate surface area is 141 Å². The fourth-order valence-electron chi connectivity index (χ4n) is 3.07. The average Bonchev–Trinajstić information content (AvgIpc) is 2.67. The number of rotatable bonds is 4. The van der Waals surface area contributed by atoms with Crippen molar-refractivity contribution < 1.29 is 14.3 Å². The van der Waals surface area contributed by atoms with E-state index >= 15 is 0 Å². The van der Waals surface area contributed by atoms with Crippen LogP contribution >= 0.6 is 0 Å². The molecule has 1 aliphatic heterocycles.